The summed E-state index contributed by atoms with van der Waals surface area (Å²) in [7, 11) is 1.42. The van der Waals surface area contributed by atoms with Gasteiger partial charge in [0.1, 0.15) is 0 Å². The van der Waals surface area contributed by atoms with E-state index in [2.05, 4.69) is 10.3 Å². The molecule has 13 heavy (non-hydrogen) atoms. The first-order valence-electron chi connectivity index (χ1n) is 3.89. The Bertz CT molecular complexity index is 291. The van der Waals surface area contributed by atoms with Crippen molar-refractivity contribution in [3.8, 4) is 0 Å². The molecule has 1 atom stereocenters. The van der Waals surface area contributed by atoms with E-state index < -0.39 is 11.6 Å². The Morgan fingerprint density at radius 2 is 2.08 bits per heavy atom. The van der Waals surface area contributed by atoms with Gasteiger partial charge in [-0.05, 0) is 13.0 Å². The van der Waals surface area contributed by atoms with Gasteiger partial charge < -0.3 is 4.84 Å². The fourth-order valence-electron chi connectivity index (χ4n) is 1.10. The van der Waals surface area contributed by atoms with Crippen molar-refractivity contribution in [1.82, 2.24) is 5.48 Å². The van der Waals surface area contributed by atoms with Crippen LogP contribution < -0.4 is 5.48 Å². The maximum Gasteiger partial charge on any atom is 0.163 e. The SMILES string of the molecule is CONC(C)c1cccc(F)c1F. The van der Waals surface area contributed by atoms with E-state index in [1.54, 1.807) is 6.92 Å². The maximum absolute atomic E-state index is 13.1. The minimum absolute atomic E-state index is 0.252. The molecule has 1 aromatic rings. The molecule has 2 nitrogen and oxygen atoms in total. The van der Waals surface area contributed by atoms with E-state index in [4.69, 9.17) is 0 Å². The lowest BCUT2D eigenvalue weighted by Gasteiger charge is -2.12. The number of nitrogens with one attached hydrogen (secondary N) is 1. The number of rotatable bonds is 3. The fraction of sp³-hybridized carbons (Fsp3) is 0.333. The Kier molecular flexibility index (Phi) is 3.33. The molecular weight excluding hydrogens is 176 g/mol. The molecule has 0 spiro atoms. The minimum Gasteiger partial charge on any atom is -0.305 e. The van der Waals surface area contributed by atoms with Gasteiger partial charge >= 0.3 is 0 Å². The number of halogens is 2. The molecule has 0 bridgehead atoms. The second kappa shape index (κ2) is 4.30. The van der Waals surface area contributed by atoms with Gasteiger partial charge in [0, 0.05) is 5.56 Å². The summed E-state index contributed by atoms with van der Waals surface area (Å²) in [5, 5.41) is 0. The zero-order valence-corrected chi connectivity index (χ0v) is 7.47. The Balaban J connectivity index is 2.93. The van der Waals surface area contributed by atoms with Crippen molar-refractivity contribution < 1.29 is 13.6 Å². The summed E-state index contributed by atoms with van der Waals surface area (Å²) < 4.78 is 25.8. The predicted octanol–water partition coefficient (Wildman–Crippen LogP) is 2.18. The molecule has 0 heterocycles. The Morgan fingerprint density at radius 1 is 1.38 bits per heavy atom. The van der Waals surface area contributed by atoms with E-state index in [9.17, 15) is 8.78 Å². The van der Waals surface area contributed by atoms with Gasteiger partial charge in [0.05, 0.1) is 13.2 Å². The molecule has 4 heteroatoms. The number of hydrogen-bond acceptors (Lipinski definition) is 2. The molecule has 0 aromatic heterocycles. The summed E-state index contributed by atoms with van der Waals surface area (Å²) in [5.74, 6) is -1.68. The zero-order chi connectivity index (χ0) is 9.84. The van der Waals surface area contributed by atoms with Crippen LogP contribution in [0, 0.1) is 11.6 Å². The van der Waals surface area contributed by atoms with Crippen LogP contribution >= 0.6 is 0 Å². The standard InChI is InChI=1S/C9H11F2NO/c1-6(12-13-2)7-4-3-5-8(10)9(7)11/h3-6,12H,1-2H3. The molecule has 0 fully saturated rings. The first kappa shape index (κ1) is 10.1. The van der Waals surface area contributed by atoms with Crippen molar-refractivity contribution in [2.75, 3.05) is 7.11 Å². The van der Waals surface area contributed by atoms with Crippen LogP contribution in [-0.4, -0.2) is 7.11 Å². The van der Waals surface area contributed by atoms with Crippen LogP contribution in [0.15, 0.2) is 18.2 Å². The van der Waals surface area contributed by atoms with Crippen LogP contribution in [0.4, 0.5) is 8.78 Å². The van der Waals surface area contributed by atoms with Gasteiger partial charge in [-0.3, -0.25) is 0 Å². The third kappa shape index (κ3) is 2.23. The highest BCUT2D eigenvalue weighted by Crippen LogP contribution is 2.18. The Labute approximate surface area is 75.5 Å². The van der Waals surface area contributed by atoms with Crippen LogP contribution in [-0.2, 0) is 4.84 Å². The molecule has 72 valence electrons. The van der Waals surface area contributed by atoms with Crippen molar-refractivity contribution >= 4 is 0 Å². The molecule has 0 saturated carbocycles. The van der Waals surface area contributed by atoms with Crippen LogP contribution in [0.3, 0.4) is 0 Å². The van der Waals surface area contributed by atoms with Gasteiger partial charge in [-0.2, -0.15) is 5.48 Å². The van der Waals surface area contributed by atoms with Crippen molar-refractivity contribution in [3.63, 3.8) is 0 Å². The van der Waals surface area contributed by atoms with E-state index >= 15 is 0 Å². The molecule has 1 N–H and O–H groups in total. The smallest absolute Gasteiger partial charge is 0.163 e. The van der Waals surface area contributed by atoms with E-state index in [0.29, 0.717) is 0 Å². The number of hydroxylamine groups is 1. The Morgan fingerprint density at radius 3 is 2.69 bits per heavy atom. The summed E-state index contributed by atoms with van der Waals surface area (Å²) in [6.45, 7) is 1.68. The highest BCUT2D eigenvalue weighted by atomic mass is 19.2. The average Bonchev–Trinajstić information content (AvgIpc) is 2.10. The van der Waals surface area contributed by atoms with Crippen LogP contribution in [0.1, 0.15) is 18.5 Å². The lowest BCUT2D eigenvalue weighted by Crippen LogP contribution is -2.18. The third-order valence-corrected chi connectivity index (χ3v) is 1.74. The third-order valence-electron chi connectivity index (χ3n) is 1.74. The molecule has 0 aliphatic carbocycles. The summed E-state index contributed by atoms with van der Waals surface area (Å²) in [5.41, 5.74) is 2.77. The second-order valence-corrected chi connectivity index (χ2v) is 2.69. The molecule has 0 aliphatic heterocycles. The second-order valence-electron chi connectivity index (χ2n) is 2.69. The van der Waals surface area contributed by atoms with Gasteiger partial charge in [-0.25, -0.2) is 8.78 Å². The van der Waals surface area contributed by atoms with Crippen LogP contribution in [0.5, 0.6) is 0 Å². The molecule has 0 amide bonds. The van der Waals surface area contributed by atoms with Gasteiger partial charge in [0.15, 0.2) is 11.6 Å². The van der Waals surface area contributed by atoms with E-state index in [-0.39, 0.29) is 11.6 Å². The number of hydrogen-bond donors (Lipinski definition) is 1. The lowest BCUT2D eigenvalue weighted by molar-refractivity contribution is 0.0646. The summed E-state index contributed by atoms with van der Waals surface area (Å²) in [6, 6.07) is 3.68. The molecule has 0 radical (unpaired) electrons. The quantitative estimate of drug-likeness (QED) is 0.732. The van der Waals surface area contributed by atoms with Gasteiger partial charge in [0.2, 0.25) is 0 Å². The van der Waals surface area contributed by atoms with Gasteiger partial charge in [-0.1, -0.05) is 12.1 Å². The van der Waals surface area contributed by atoms with Crippen molar-refractivity contribution in [1.29, 1.82) is 0 Å². The summed E-state index contributed by atoms with van der Waals surface area (Å²) >= 11 is 0. The van der Waals surface area contributed by atoms with Crippen LogP contribution in [0.2, 0.25) is 0 Å². The van der Waals surface area contributed by atoms with Crippen molar-refractivity contribution in [2.45, 2.75) is 13.0 Å². The van der Waals surface area contributed by atoms with Crippen LogP contribution in [0.25, 0.3) is 0 Å². The highest BCUT2D eigenvalue weighted by Gasteiger charge is 2.13. The summed E-state index contributed by atoms with van der Waals surface area (Å²) in [6.07, 6.45) is 0. The summed E-state index contributed by atoms with van der Waals surface area (Å²) in [4.78, 5) is 4.61. The van der Waals surface area contributed by atoms with Crippen molar-refractivity contribution in [3.05, 3.63) is 35.4 Å². The zero-order valence-electron chi connectivity index (χ0n) is 7.47. The van der Waals surface area contributed by atoms with Crippen molar-refractivity contribution in [2.24, 2.45) is 0 Å². The van der Waals surface area contributed by atoms with E-state index in [1.165, 1.54) is 19.2 Å². The number of benzene rings is 1. The predicted molar refractivity (Wildman–Crippen MR) is 44.9 cm³/mol. The monoisotopic (exact) mass is 187 g/mol. The largest absolute Gasteiger partial charge is 0.305 e. The van der Waals surface area contributed by atoms with E-state index in [0.717, 1.165) is 6.07 Å². The van der Waals surface area contributed by atoms with E-state index in [1.807, 2.05) is 0 Å². The first-order chi connectivity index (χ1) is 6.16. The molecule has 1 aromatic carbocycles. The Hall–Kier alpha value is -1.00. The minimum atomic E-state index is -0.845. The highest BCUT2D eigenvalue weighted by molar-refractivity contribution is 5.21. The first-order valence-corrected chi connectivity index (χ1v) is 3.89. The van der Waals surface area contributed by atoms with Gasteiger partial charge in [-0.15, -0.1) is 0 Å². The average molecular weight is 187 g/mol. The topological polar surface area (TPSA) is 21.3 Å². The molecular formula is C9H11F2NO. The van der Waals surface area contributed by atoms with Gasteiger partial charge in [0.25, 0.3) is 0 Å². The normalized spacial score (nSPS) is 12.9. The maximum atomic E-state index is 13.1. The molecule has 1 unspecified atom stereocenters. The molecule has 0 saturated heterocycles. The molecule has 0 aliphatic rings. The fourth-order valence-corrected chi connectivity index (χ4v) is 1.10. The lowest BCUT2D eigenvalue weighted by atomic mass is 10.1. The molecule has 1 rings (SSSR count).